The van der Waals surface area contributed by atoms with Crippen LogP contribution < -0.4 is 5.73 Å². The fourth-order valence-electron chi connectivity index (χ4n) is 4.49. The third kappa shape index (κ3) is 3.07. The van der Waals surface area contributed by atoms with Gasteiger partial charge in [0.15, 0.2) is 5.65 Å². The van der Waals surface area contributed by atoms with Gasteiger partial charge in [-0.3, -0.25) is 4.98 Å². The van der Waals surface area contributed by atoms with Crippen LogP contribution in [-0.2, 0) is 0 Å². The molecule has 5 aromatic heterocycles. The number of aromatic nitrogens is 6. The van der Waals surface area contributed by atoms with Gasteiger partial charge in [0.05, 0.1) is 22.8 Å². The molecule has 0 saturated heterocycles. The molecular formula is C26H21N7O. The molecule has 8 heteroatoms. The van der Waals surface area contributed by atoms with Gasteiger partial charge in [0.2, 0.25) is 0 Å². The first-order valence-electron chi connectivity index (χ1n) is 10.9. The Balaban J connectivity index is 1.61. The SMILES string of the molecule is CC(c1cc2ccccn2c1-c1ccccn1)n1nc(-c2cccc(O)c2)c2c(N)ncnc21. The molecule has 0 aliphatic rings. The molecule has 3 N–H and O–H groups in total. The number of anilines is 1. The van der Waals surface area contributed by atoms with E-state index in [2.05, 4.69) is 38.4 Å². The van der Waals surface area contributed by atoms with E-state index < -0.39 is 0 Å². The summed E-state index contributed by atoms with van der Waals surface area (Å²) < 4.78 is 4.01. The largest absolute Gasteiger partial charge is 0.508 e. The lowest BCUT2D eigenvalue weighted by atomic mass is 10.1. The first-order chi connectivity index (χ1) is 16.6. The molecule has 0 radical (unpaired) electrons. The minimum Gasteiger partial charge on any atom is -0.508 e. The number of nitrogen functional groups attached to an aromatic ring is 1. The van der Waals surface area contributed by atoms with Gasteiger partial charge in [-0.15, -0.1) is 0 Å². The second kappa shape index (κ2) is 7.70. The number of benzene rings is 1. The predicted molar refractivity (Wildman–Crippen MR) is 131 cm³/mol. The van der Waals surface area contributed by atoms with Crippen molar-refractivity contribution in [3.63, 3.8) is 0 Å². The predicted octanol–water partition coefficient (Wildman–Crippen LogP) is 4.71. The van der Waals surface area contributed by atoms with Crippen molar-refractivity contribution in [2.75, 3.05) is 5.73 Å². The van der Waals surface area contributed by atoms with E-state index in [1.54, 1.807) is 24.4 Å². The zero-order chi connectivity index (χ0) is 23.2. The number of phenolic OH excluding ortho intramolecular Hbond substituents is 1. The highest BCUT2D eigenvalue weighted by Crippen LogP contribution is 2.37. The van der Waals surface area contributed by atoms with Crippen LogP contribution in [0.25, 0.3) is 39.2 Å². The van der Waals surface area contributed by atoms with Crippen LogP contribution in [0, 0.1) is 0 Å². The maximum absolute atomic E-state index is 10.0. The zero-order valence-electron chi connectivity index (χ0n) is 18.4. The van der Waals surface area contributed by atoms with Gasteiger partial charge in [-0.2, -0.15) is 5.10 Å². The second-order valence-corrected chi connectivity index (χ2v) is 8.14. The Labute approximate surface area is 195 Å². The number of aromatic hydroxyl groups is 1. The number of pyridine rings is 2. The third-order valence-corrected chi connectivity index (χ3v) is 6.07. The van der Waals surface area contributed by atoms with E-state index in [1.165, 1.54) is 6.33 Å². The van der Waals surface area contributed by atoms with E-state index >= 15 is 0 Å². The summed E-state index contributed by atoms with van der Waals surface area (Å²) >= 11 is 0. The van der Waals surface area contributed by atoms with E-state index in [0.29, 0.717) is 22.5 Å². The molecule has 0 fully saturated rings. The Morgan fingerprint density at radius 3 is 2.65 bits per heavy atom. The fraction of sp³-hybridized carbons (Fsp3) is 0.0769. The molecule has 0 aliphatic carbocycles. The Kier molecular flexibility index (Phi) is 4.51. The quantitative estimate of drug-likeness (QED) is 0.405. The second-order valence-electron chi connectivity index (χ2n) is 8.14. The molecule has 0 spiro atoms. The maximum Gasteiger partial charge on any atom is 0.164 e. The molecule has 6 aromatic rings. The maximum atomic E-state index is 10.0. The molecule has 0 saturated carbocycles. The Morgan fingerprint density at radius 1 is 0.941 bits per heavy atom. The van der Waals surface area contributed by atoms with Crippen LogP contribution in [0.3, 0.4) is 0 Å². The summed E-state index contributed by atoms with van der Waals surface area (Å²) in [6.07, 6.45) is 5.28. The van der Waals surface area contributed by atoms with Gasteiger partial charge in [0, 0.05) is 29.0 Å². The smallest absolute Gasteiger partial charge is 0.164 e. The van der Waals surface area contributed by atoms with Crippen LogP contribution in [0.15, 0.2) is 85.5 Å². The summed E-state index contributed by atoms with van der Waals surface area (Å²) in [5.41, 5.74) is 12.2. The summed E-state index contributed by atoms with van der Waals surface area (Å²) in [6, 6.07) is 20.9. The summed E-state index contributed by atoms with van der Waals surface area (Å²) in [6.45, 7) is 2.08. The van der Waals surface area contributed by atoms with Crippen molar-refractivity contribution in [3.8, 4) is 28.4 Å². The lowest BCUT2D eigenvalue weighted by Crippen LogP contribution is -2.10. The van der Waals surface area contributed by atoms with E-state index in [1.807, 2.05) is 47.3 Å². The van der Waals surface area contributed by atoms with Gasteiger partial charge in [0.25, 0.3) is 0 Å². The fourth-order valence-corrected chi connectivity index (χ4v) is 4.49. The molecule has 6 rings (SSSR count). The van der Waals surface area contributed by atoms with Crippen molar-refractivity contribution in [2.45, 2.75) is 13.0 Å². The van der Waals surface area contributed by atoms with Crippen LogP contribution in [0.4, 0.5) is 5.82 Å². The summed E-state index contributed by atoms with van der Waals surface area (Å²) in [7, 11) is 0. The summed E-state index contributed by atoms with van der Waals surface area (Å²) in [5, 5.41) is 15.6. The van der Waals surface area contributed by atoms with Gasteiger partial charge < -0.3 is 15.2 Å². The van der Waals surface area contributed by atoms with E-state index in [0.717, 1.165) is 28.0 Å². The highest BCUT2D eigenvalue weighted by atomic mass is 16.3. The summed E-state index contributed by atoms with van der Waals surface area (Å²) in [4.78, 5) is 13.4. The van der Waals surface area contributed by atoms with Crippen molar-refractivity contribution >= 4 is 22.4 Å². The molecule has 0 amide bonds. The number of phenols is 1. The van der Waals surface area contributed by atoms with Crippen molar-refractivity contribution in [1.82, 2.24) is 29.1 Å². The molecule has 1 atom stereocenters. The molecule has 5 heterocycles. The lowest BCUT2D eigenvalue weighted by Gasteiger charge is -2.15. The number of hydrogen-bond acceptors (Lipinski definition) is 6. The van der Waals surface area contributed by atoms with Crippen molar-refractivity contribution < 1.29 is 5.11 Å². The highest BCUT2D eigenvalue weighted by molar-refractivity contribution is 5.98. The molecule has 34 heavy (non-hydrogen) atoms. The van der Waals surface area contributed by atoms with Crippen LogP contribution in [0.2, 0.25) is 0 Å². The minimum absolute atomic E-state index is 0.153. The van der Waals surface area contributed by atoms with Crippen LogP contribution in [0.1, 0.15) is 18.5 Å². The molecule has 1 aromatic carbocycles. The average Bonchev–Trinajstić information content (AvgIpc) is 3.44. The molecular weight excluding hydrogens is 426 g/mol. The van der Waals surface area contributed by atoms with Crippen LogP contribution in [-0.4, -0.2) is 34.2 Å². The average molecular weight is 448 g/mol. The minimum atomic E-state index is -0.195. The molecule has 8 nitrogen and oxygen atoms in total. The normalized spacial score (nSPS) is 12.4. The van der Waals surface area contributed by atoms with Gasteiger partial charge in [0.1, 0.15) is 23.6 Å². The highest BCUT2D eigenvalue weighted by Gasteiger charge is 2.25. The molecule has 166 valence electrons. The van der Waals surface area contributed by atoms with Crippen molar-refractivity contribution in [1.29, 1.82) is 0 Å². The monoisotopic (exact) mass is 447 g/mol. The van der Waals surface area contributed by atoms with E-state index in [4.69, 9.17) is 10.8 Å². The van der Waals surface area contributed by atoms with Gasteiger partial charge in [-0.05, 0) is 49.4 Å². The Hall–Kier alpha value is -4.72. The molecule has 0 bridgehead atoms. The van der Waals surface area contributed by atoms with E-state index in [9.17, 15) is 5.11 Å². The van der Waals surface area contributed by atoms with Gasteiger partial charge in [-0.25, -0.2) is 14.6 Å². The number of nitrogens with two attached hydrogens (primary N) is 1. The van der Waals surface area contributed by atoms with Crippen LogP contribution >= 0.6 is 0 Å². The Bertz CT molecular complexity index is 1650. The van der Waals surface area contributed by atoms with Gasteiger partial charge >= 0.3 is 0 Å². The van der Waals surface area contributed by atoms with Crippen molar-refractivity contribution in [3.05, 3.63) is 91.0 Å². The van der Waals surface area contributed by atoms with E-state index in [-0.39, 0.29) is 11.8 Å². The number of nitrogens with zero attached hydrogens (tertiary/aromatic N) is 6. The van der Waals surface area contributed by atoms with Crippen LogP contribution in [0.5, 0.6) is 5.75 Å². The zero-order valence-corrected chi connectivity index (χ0v) is 18.4. The Morgan fingerprint density at radius 2 is 1.82 bits per heavy atom. The lowest BCUT2D eigenvalue weighted by molar-refractivity contribution is 0.475. The number of rotatable bonds is 4. The number of hydrogen-bond donors (Lipinski definition) is 2. The first-order valence-corrected chi connectivity index (χ1v) is 10.9. The number of fused-ring (bicyclic) bond motifs is 2. The standard InChI is InChI=1S/C26H21N7O/c1-16(20-14-18-8-3-5-12-32(18)24(20)21-10-2-4-11-28-21)33-26-22(25(27)29-15-30-26)23(31-33)17-7-6-9-19(34)13-17/h2-16,34H,1H3,(H2,27,29,30). The summed E-state index contributed by atoms with van der Waals surface area (Å²) in [5.74, 6) is 0.494. The van der Waals surface area contributed by atoms with Crippen molar-refractivity contribution in [2.24, 2.45) is 0 Å². The molecule has 0 aliphatic heterocycles. The third-order valence-electron chi connectivity index (χ3n) is 6.07. The first kappa shape index (κ1) is 19.9. The molecule has 1 unspecified atom stereocenters. The topological polar surface area (TPSA) is 107 Å². The van der Waals surface area contributed by atoms with Gasteiger partial charge in [-0.1, -0.05) is 24.3 Å².